The summed E-state index contributed by atoms with van der Waals surface area (Å²) in [5.74, 6) is 2.22. The number of hydroxylamine groups is 2. The summed E-state index contributed by atoms with van der Waals surface area (Å²) in [4.78, 5) is 41.0. The smallest absolute Gasteiger partial charge is 0.429 e. The van der Waals surface area contributed by atoms with Crippen LogP contribution < -0.4 is 0 Å². The van der Waals surface area contributed by atoms with E-state index in [-0.39, 0.29) is 35.6 Å². The first kappa shape index (κ1) is 26.9. The van der Waals surface area contributed by atoms with Gasteiger partial charge in [0.25, 0.3) is 11.8 Å². The zero-order chi connectivity index (χ0) is 28.0. The average Bonchev–Trinajstić information content (AvgIpc) is 3.50. The molecule has 8 nitrogen and oxygen atoms in total. The van der Waals surface area contributed by atoms with Crippen molar-refractivity contribution in [3.8, 4) is 0 Å². The molecule has 2 amide bonds. The molecule has 0 N–H and O–H groups in total. The first-order valence-corrected chi connectivity index (χ1v) is 15.8. The van der Waals surface area contributed by atoms with E-state index in [1.807, 2.05) is 0 Å². The lowest BCUT2D eigenvalue weighted by Gasteiger charge is -2.58. The molecule has 220 valence electrons. The molecule has 7 rings (SSSR count). The number of nitrogens with zero attached hydrogens (tertiary/aromatic N) is 1. The van der Waals surface area contributed by atoms with Crippen molar-refractivity contribution in [2.75, 3.05) is 6.61 Å². The molecule has 1 spiro atoms. The first-order chi connectivity index (χ1) is 19.0. The van der Waals surface area contributed by atoms with Crippen LogP contribution in [0.25, 0.3) is 0 Å². The maximum atomic E-state index is 12.4. The van der Waals surface area contributed by atoms with Gasteiger partial charge >= 0.3 is 6.16 Å². The molecule has 3 heterocycles. The zero-order valence-corrected chi connectivity index (χ0v) is 24.5. The van der Waals surface area contributed by atoms with E-state index in [1.165, 1.54) is 24.8 Å². The third-order valence-electron chi connectivity index (χ3n) is 12.8. The highest BCUT2D eigenvalue weighted by Gasteiger charge is 2.68. The minimum Gasteiger partial charge on any atom is -0.429 e. The second-order valence-electron chi connectivity index (χ2n) is 14.7. The summed E-state index contributed by atoms with van der Waals surface area (Å²) in [6.45, 7) is 10.5. The Morgan fingerprint density at radius 1 is 1.02 bits per heavy atom. The van der Waals surface area contributed by atoms with E-state index in [1.54, 1.807) is 0 Å². The summed E-state index contributed by atoms with van der Waals surface area (Å²) in [5, 5.41) is 0.559. The van der Waals surface area contributed by atoms with Crippen molar-refractivity contribution in [1.82, 2.24) is 5.06 Å². The normalized spacial score (nSPS) is 49.7. The fourth-order valence-corrected chi connectivity index (χ4v) is 10.6. The summed E-state index contributed by atoms with van der Waals surface area (Å²) in [6, 6.07) is 0. The largest absolute Gasteiger partial charge is 0.534 e. The van der Waals surface area contributed by atoms with Crippen molar-refractivity contribution in [2.45, 2.75) is 116 Å². The van der Waals surface area contributed by atoms with E-state index in [9.17, 15) is 14.4 Å². The molecule has 3 saturated carbocycles. The van der Waals surface area contributed by atoms with Crippen molar-refractivity contribution in [2.24, 2.45) is 46.3 Å². The van der Waals surface area contributed by atoms with Gasteiger partial charge in [-0.1, -0.05) is 44.4 Å². The Morgan fingerprint density at radius 2 is 1.80 bits per heavy atom. The second-order valence-corrected chi connectivity index (χ2v) is 14.7. The number of fused-ring (bicyclic) bond motifs is 7. The number of amides is 2. The van der Waals surface area contributed by atoms with Crippen LogP contribution >= 0.6 is 0 Å². The molecule has 40 heavy (non-hydrogen) atoms. The van der Waals surface area contributed by atoms with Crippen LogP contribution in [0.4, 0.5) is 4.79 Å². The Balaban J connectivity index is 1.04. The van der Waals surface area contributed by atoms with E-state index in [0.717, 1.165) is 38.7 Å². The van der Waals surface area contributed by atoms with Crippen LogP contribution in [0.1, 0.15) is 98.3 Å². The first-order valence-electron chi connectivity index (χ1n) is 15.8. The van der Waals surface area contributed by atoms with E-state index >= 15 is 0 Å². The Bertz CT molecular complexity index is 1110. The topological polar surface area (TPSA) is 91.4 Å². The van der Waals surface area contributed by atoms with Crippen LogP contribution in [-0.4, -0.2) is 47.6 Å². The Labute approximate surface area is 237 Å². The molecule has 8 heteroatoms. The molecule has 3 aliphatic heterocycles. The molecule has 3 saturated heterocycles. The van der Waals surface area contributed by atoms with Crippen LogP contribution in [-0.2, 0) is 28.6 Å². The number of ether oxygens (including phenoxy) is 3. The predicted molar refractivity (Wildman–Crippen MR) is 144 cm³/mol. The highest BCUT2D eigenvalue weighted by atomic mass is 16.8. The Morgan fingerprint density at radius 3 is 2.52 bits per heavy atom. The standard InChI is InChI=1S/C32H45NO7/c1-18-9-14-32(37-17-18)19(2)28-25(39-32)16-24-22-6-5-20-15-21(38-29(36)40-33-26(34)7-8-27(33)35)10-12-30(20,3)23(22)11-13-31(24,28)4/h5,18-19,21-25,28H,6-17H2,1-4H3/t18-,19+,21+,22-,23+,24+,25+,28+,30+,31+,32?/m1/s1. The fourth-order valence-electron chi connectivity index (χ4n) is 10.6. The Kier molecular flexibility index (Phi) is 6.25. The van der Waals surface area contributed by atoms with Gasteiger partial charge in [0.1, 0.15) is 6.10 Å². The van der Waals surface area contributed by atoms with Gasteiger partial charge in [-0.3, -0.25) is 14.4 Å². The molecule has 7 aliphatic rings. The molecule has 0 aromatic heterocycles. The van der Waals surface area contributed by atoms with Gasteiger partial charge in [-0.15, -0.1) is 0 Å². The minimum absolute atomic E-state index is 0.0732. The molecule has 0 aromatic carbocycles. The van der Waals surface area contributed by atoms with E-state index in [4.69, 9.17) is 19.0 Å². The molecular weight excluding hydrogens is 510 g/mol. The molecule has 1 unspecified atom stereocenters. The molecular formula is C32H45NO7. The van der Waals surface area contributed by atoms with Gasteiger partial charge in [0.2, 0.25) is 0 Å². The van der Waals surface area contributed by atoms with Gasteiger partial charge in [-0.25, -0.2) is 4.79 Å². The lowest BCUT2D eigenvalue weighted by molar-refractivity contribution is -0.272. The maximum Gasteiger partial charge on any atom is 0.534 e. The van der Waals surface area contributed by atoms with Gasteiger partial charge in [0, 0.05) is 31.6 Å². The summed E-state index contributed by atoms with van der Waals surface area (Å²) in [6.07, 6.45) is 11.0. The maximum absolute atomic E-state index is 12.4. The monoisotopic (exact) mass is 555 g/mol. The highest BCUT2D eigenvalue weighted by Crippen LogP contribution is 2.70. The quantitative estimate of drug-likeness (QED) is 0.237. The van der Waals surface area contributed by atoms with Crippen LogP contribution in [0.3, 0.4) is 0 Å². The van der Waals surface area contributed by atoms with Crippen molar-refractivity contribution >= 4 is 18.0 Å². The van der Waals surface area contributed by atoms with Crippen LogP contribution in [0.5, 0.6) is 0 Å². The predicted octanol–water partition coefficient (Wildman–Crippen LogP) is 5.94. The zero-order valence-electron chi connectivity index (χ0n) is 24.5. The molecule has 0 radical (unpaired) electrons. The van der Waals surface area contributed by atoms with Crippen molar-refractivity contribution in [1.29, 1.82) is 0 Å². The average molecular weight is 556 g/mol. The fraction of sp³-hybridized carbons (Fsp3) is 0.844. The second kappa shape index (κ2) is 9.29. The summed E-state index contributed by atoms with van der Waals surface area (Å²) < 4.78 is 19.0. The van der Waals surface area contributed by atoms with E-state index in [2.05, 4.69) is 33.8 Å². The molecule has 0 aromatic rings. The number of hydrogen-bond acceptors (Lipinski definition) is 7. The van der Waals surface area contributed by atoms with Crippen LogP contribution in [0, 0.1) is 46.3 Å². The van der Waals surface area contributed by atoms with Crippen LogP contribution in [0.15, 0.2) is 11.6 Å². The van der Waals surface area contributed by atoms with Crippen molar-refractivity contribution in [3.05, 3.63) is 11.6 Å². The Hall–Kier alpha value is -1.93. The summed E-state index contributed by atoms with van der Waals surface area (Å²) >= 11 is 0. The van der Waals surface area contributed by atoms with Crippen molar-refractivity contribution < 1.29 is 33.4 Å². The number of carbonyl (C=O) groups is 3. The summed E-state index contributed by atoms with van der Waals surface area (Å²) in [7, 11) is 0. The van der Waals surface area contributed by atoms with Gasteiger partial charge in [-0.2, -0.15) is 0 Å². The lowest BCUT2D eigenvalue weighted by atomic mass is 9.47. The molecule has 4 aliphatic carbocycles. The van der Waals surface area contributed by atoms with E-state index in [0.29, 0.717) is 53.1 Å². The number of hydrogen-bond donors (Lipinski definition) is 0. The SMILES string of the molecule is C[C@@H]1CCC2(OC1)O[C@H]1C[C@H]3[C@@H]4CC=C5C[C@@H](OC(=O)ON6C(=O)CCC6=O)CC[C@]5(C)[C@H]4CC[C@]3(C)[C@H]1[C@@H]2C. The minimum atomic E-state index is -0.958. The molecule has 0 bridgehead atoms. The lowest BCUT2D eigenvalue weighted by Crippen LogP contribution is -2.52. The molecule has 6 fully saturated rings. The van der Waals surface area contributed by atoms with Gasteiger partial charge in [0.05, 0.1) is 12.7 Å². The van der Waals surface area contributed by atoms with Gasteiger partial charge in [-0.05, 0) is 85.4 Å². The van der Waals surface area contributed by atoms with Gasteiger partial charge < -0.3 is 14.2 Å². The number of allylic oxidation sites excluding steroid dienone is 1. The number of imide groups is 1. The number of carbonyl (C=O) groups excluding carboxylic acids is 3. The summed E-state index contributed by atoms with van der Waals surface area (Å²) in [5.41, 5.74) is 1.81. The van der Waals surface area contributed by atoms with Crippen LogP contribution in [0.2, 0.25) is 0 Å². The van der Waals surface area contributed by atoms with E-state index < -0.39 is 18.0 Å². The van der Waals surface area contributed by atoms with Crippen molar-refractivity contribution in [3.63, 3.8) is 0 Å². The third kappa shape index (κ3) is 3.87. The molecule has 11 atom stereocenters. The third-order valence-corrected chi connectivity index (χ3v) is 12.8. The highest BCUT2D eigenvalue weighted by molar-refractivity contribution is 6.01. The number of rotatable bonds is 2. The van der Waals surface area contributed by atoms with Gasteiger partial charge in [0.15, 0.2) is 5.79 Å².